The number of hydrogen-bond donors (Lipinski definition) is 0. The number of carbonyl (C=O) groups excluding carboxylic acids is 1. The van der Waals surface area contributed by atoms with Crippen molar-refractivity contribution < 1.29 is 22.9 Å². The van der Waals surface area contributed by atoms with Gasteiger partial charge in [0.15, 0.2) is 0 Å². The molecule has 0 bridgehead atoms. The van der Waals surface area contributed by atoms with Crippen LogP contribution in [0.15, 0.2) is 22.6 Å². The Morgan fingerprint density at radius 1 is 1.38 bits per heavy atom. The van der Waals surface area contributed by atoms with Crippen molar-refractivity contribution in [3.63, 3.8) is 0 Å². The van der Waals surface area contributed by atoms with Crippen molar-refractivity contribution in [2.24, 2.45) is 4.40 Å². The maximum Gasteiger partial charge on any atom is 0.382 e. The van der Waals surface area contributed by atoms with E-state index >= 15 is 0 Å². The Hall–Kier alpha value is -1.18. The summed E-state index contributed by atoms with van der Waals surface area (Å²) in [4.78, 5) is 11.5. The first-order valence-electron chi connectivity index (χ1n) is 7.24. The topological polar surface area (TPSA) is 61.7 Å². The second-order valence-electron chi connectivity index (χ2n) is 6.00. The lowest BCUT2D eigenvalue weighted by molar-refractivity contribution is -0.173. The molecule has 1 unspecified atom stereocenters. The van der Waals surface area contributed by atoms with E-state index in [2.05, 4.69) is 9.13 Å². The first-order chi connectivity index (χ1) is 10.9. The van der Waals surface area contributed by atoms with Gasteiger partial charge in [-0.1, -0.05) is 34.2 Å². The molecule has 24 heavy (non-hydrogen) atoms. The van der Waals surface area contributed by atoms with Gasteiger partial charge in [-0.3, -0.25) is 0 Å². The van der Waals surface area contributed by atoms with Crippen LogP contribution in [0.4, 0.5) is 8.78 Å². The summed E-state index contributed by atoms with van der Waals surface area (Å²) >= 11 is 4.50. The van der Waals surface area contributed by atoms with Gasteiger partial charge in [0.05, 0.1) is 22.9 Å². The Morgan fingerprint density at radius 2 is 1.96 bits per heavy atom. The lowest BCUT2D eigenvalue weighted by atomic mass is 10.0. The molecule has 0 spiro atoms. The standard InChI is InChI=1S/C16H20ClF2NO3S/c1-6-23-14(21)16(18,19)12-9-7-8-11(13(12)17)10(2)20-24(22)15(3,4)5/h7-9H,6H2,1-5H3. The van der Waals surface area contributed by atoms with Gasteiger partial charge < -0.3 is 9.29 Å². The van der Waals surface area contributed by atoms with Crippen LogP contribution in [0.1, 0.15) is 45.7 Å². The number of ether oxygens (including phenoxy) is 1. The molecule has 0 saturated heterocycles. The van der Waals surface area contributed by atoms with E-state index in [0.29, 0.717) is 0 Å². The summed E-state index contributed by atoms with van der Waals surface area (Å²) in [5.41, 5.74) is -0.235. The Morgan fingerprint density at radius 3 is 2.46 bits per heavy atom. The second-order valence-corrected chi connectivity index (χ2v) is 8.28. The highest BCUT2D eigenvalue weighted by Crippen LogP contribution is 2.36. The van der Waals surface area contributed by atoms with Gasteiger partial charge >= 0.3 is 11.9 Å². The number of nitrogens with zero attached hydrogens (tertiary/aromatic N) is 1. The Balaban J connectivity index is 3.32. The molecule has 8 heteroatoms. The lowest BCUT2D eigenvalue weighted by Gasteiger charge is -2.20. The van der Waals surface area contributed by atoms with Gasteiger partial charge in [0, 0.05) is 5.56 Å². The number of esters is 1. The highest BCUT2D eigenvalue weighted by atomic mass is 35.5. The van der Waals surface area contributed by atoms with E-state index in [1.807, 2.05) is 0 Å². The molecule has 0 aliphatic heterocycles. The van der Waals surface area contributed by atoms with Crippen LogP contribution in [0.5, 0.6) is 0 Å². The predicted molar refractivity (Wildman–Crippen MR) is 92.1 cm³/mol. The molecule has 0 fully saturated rings. The van der Waals surface area contributed by atoms with Crippen molar-refractivity contribution >= 4 is 34.6 Å². The maximum absolute atomic E-state index is 14.2. The summed E-state index contributed by atoms with van der Waals surface area (Å²) in [6.07, 6.45) is 0. The number of carbonyl (C=O) groups is 1. The number of hydrogen-bond acceptors (Lipinski definition) is 4. The average Bonchev–Trinajstić information content (AvgIpc) is 2.46. The number of benzene rings is 1. The third-order valence-electron chi connectivity index (χ3n) is 3.00. The van der Waals surface area contributed by atoms with Crippen LogP contribution in [0.25, 0.3) is 0 Å². The van der Waals surface area contributed by atoms with E-state index in [-0.39, 0.29) is 22.9 Å². The highest BCUT2D eigenvalue weighted by Gasteiger charge is 2.44. The van der Waals surface area contributed by atoms with E-state index in [0.717, 1.165) is 6.07 Å². The molecule has 1 atom stereocenters. The average molecular weight is 380 g/mol. The largest absolute Gasteiger partial charge is 0.591 e. The van der Waals surface area contributed by atoms with Crippen molar-refractivity contribution in [1.82, 2.24) is 0 Å². The molecule has 0 aliphatic rings. The molecular formula is C16H20ClF2NO3S. The highest BCUT2D eigenvalue weighted by molar-refractivity contribution is 7.91. The van der Waals surface area contributed by atoms with Crippen molar-refractivity contribution in [2.75, 3.05) is 6.61 Å². The smallest absolute Gasteiger partial charge is 0.382 e. The van der Waals surface area contributed by atoms with Gasteiger partial charge in [-0.25, -0.2) is 4.79 Å². The summed E-state index contributed by atoms with van der Waals surface area (Å²) < 4.78 is 48.4. The van der Waals surface area contributed by atoms with E-state index in [1.54, 1.807) is 20.8 Å². The fraction of sp³-hybridized carbons (Fsp3) is 0.500. The van der Waals surface area contributed by atoms with Crippen LogP contribution >= 0.6 is 11.6 Å². The van der Waals surface area contributed by atoms with Gasteiger partial charge in [0.2, 0.25) is 0 Å². The zero-order valence-electron chi connectivity index (χ0n) is 14.2. The van der Waals surface area contributed by atoms with Crippen LogP contribution in [-0.2, 0) is 26.8 Å². The second kappa shape index (κ2) is 7.80. The zero-order valence-corrected chi connectivity index (χ0v) is 15.7. The number of halogens is 3. The molecule has 0 radical (unpaired) electrons. The minimum atomic E-state index is -3.88. The molecule has 0 heterocycles. The van der Waals surface area contributed by atoms with Gasteiger partial charge in [-0.15, -0.1) is 0 Å². The van der Waals surface area contributed by atoms with Crippen LogP contribution < -0.4 is 0 Å². The molecule has 1 aromatic rings. The van der Waals surface area contributed by atoms with Crippen molar-refractivity contribution in [3.8, 4) is 0 Å². The van der Waals surface area contributed by atoms with Gasteiger partial charge in [0.25, 0.3) is 0 Å². The summed E-state index contributed by atoms with van der Waals surface area (Å²) in [6.45, 7) is 8.02. The van der Waals surface area contributed by atoms with E-state index < -0.39 is 33.6 Å². The first-order valence-corrected chi connectivity index (χ1v) is 8.73. The molecule has 0 saturated carbocycles. The Kier molecular flexibility index (Phi) is 6.78. The monoisotopic (exact) mass is 379 g/mol. The molecular weight excluding hydrogens is 360 g/mol. The van der Waals surface area contributed by atoms with Crippen LogP contribution in [0.3, 0.4) is 0 Å². The van der Waals surface area contributed by atoms with Gasteiger partial charge in [-0.05, 0) is 34.6 Å². The minimum Gasteiger partial charge on any atom is -0.591 e. The third kappa shape index (κ3) is 4.68. The Bertz CT molecular complexity index is 645. The zero-order chi connectivity index (χ0) is 18.7. The molecule has 1 aromatic carbocycles. The molecule has 0 aromatic heterocycles. The van der Waals surface area contributed by atoms with Crippen molar-refractivity contribution in [1.29, 1.82) is 0 Å². The maximum atomic E-state index is 14.2. The summed E-state index contributed by atoms with van der Waals surface area (Å²) in [7, 11) is 0. The lowest BCUT2D eigenvalue weighted by Crippen LogP contribution is -2.29. The molecule has 0 amide bonds. The minimum absolute atomic E-state index is 0.170. The van der Waals surface area contributed by atoms with Crippen LogP contribution in [0, 0.1) is 0 Å². The summed E-state index contributed by atoms with van der Waals surface area (Å²) in [5, 5.41) is -0.317. The van der Waals surface area contributed by atoms with Crippen molar-refractivity contribution in [3.05, 3.63) is 34.3 Å². The van der Waals surface area contributed by atoms with Crippen LogP contribution in [-0.4, -0.2) is 27.6 Å². The van der Waals surface area contributed by atoms with Crippen molar-refractivity contribution in [2.45, 2.75) is 45.3 Å². The van der Waals surface area contributed by atoms with E-state index in [9.17, 15) is 18.1 Å². The summed E-state index contributed by atoms with van der Waals surface area (Å²) in [6, 6.07) is 3.87. The predicted octanol–water partition coefficient (Wildman–Crippen LogP) is 4.27. The molecule has 134 valence electrons. The normalized spacial score (nSPS) is 14.5. The van der Waals surface area contributed by atoms with Crippen LogP contribution in [0.2, 0.25) is 5.02 Å². The third-order valence-corrected chi connectivity index (χ3v) is 4.90. The molecule has 4 nitrogen and oxygen atoms in total. The van der Waals surface area contributed by atoms with Gasteiger partial charge in [0.1, 0.15) is 16.1 Å². The number of alkyl halides is 2. The molecule has 0 N–H and O–H groups in total. The van der Waals surface area contributed by atoms with E-state index in [4.69, 9.17) is 11.6 Å². The Labute approximate surface area is 148 Å². The summed E-state index contributed by atoms with van der Waals surface area (Å²) in [5.74, 6) is -5.55. The molecule has 0 aliphatic carbocycles. The fourth-order valence-corrected chi connectivity index (χ4v) is 2.70. The quantitative estimate of drug-likeness (QED) is 0.436. The fourth-order valence-electron chi connectivity index (χ4n) is 1.70. The number of rotatable bonds is 5. The van der Waals surface area contributed by atoms with Gasteiger partial charge in [-0.2, -0.15) is 8.78 Å². The SMILES string of the molecule is CCOC(=O)C(F)(F)c1cccc(C(C)=N[S+]([O-])C(C)(C)C)c1Cl. The first kappa shape index (κ1) is 20.9. The molecule has 1 rings (SSSR count). The van der Waals surface area contributed by atoms with E-state index in [1.165, 1.54) is 26.0 Å².